The van der Waals surface area contributed by atoms with Gasteiger partial charge in [0.05, 0.1) is 29.1 Å². The van der Waals surface area contributed by atoms with Crippen molar-refractivity contribution < 1.29 is 15.0 Å². The molecule has 3 rings (SSSR count). The molecule has 1 aromatic carbocycles. The van der Waals surface area contributed by atoms with E-state index < -0.39 is 12.2 Å². The summed E-state index contributed by atoms with van der Waals surface area (Å²) in [6, 6.07) is 5.07. The smallest absolute Gasteiger partial charge is 0.404 e. The molecule has 0 spiro atoms. The number of carbonyl (C=O) groups is 1. The summed E-state index contributed by atoms with van der Waals surface area (Å²) < 4.78 is 1.70. The van der Waals surface area contributed by atoms with E-state index in [-0.39, 0.29) is 6.54 Å². The number of aromatic nitrogens is 3. The molecule has 0 saturated carbocycles. The number of halogens is 2. The van der Waals surface area contributed by atoms with Gasteiger partial charge in [0, 0.05) is 28.0 Å². The lowest BCUT2D eigenvalue weighted by Gasteiger charge is -2.16. The van der Waals surface area contributed by atoms with Gasteiger partial charge in [0.2, 0.25) is 5.78 Å². The third-order valence-corrected chi connectivity index (χ3v) is 4.52. The zero-order valence-electron chi connectivity index (χ0n) is 14.0. The average Bonchev–Trinajstić information content (AvgIpc) is 2.96. The Morgan fingerprint density at radius 2 is 2.08 bits per heavy atom. The van der Waals surface area contributed by atoms with Crippen LogP contribution in [0.15, 0.2) is 24.4 Å². The molecule has 3 N–H and O–H groups in total. The SMILES string of the molecule is Cc1nc2nc(C(C)O)cn2c(-c2ccc(Cl)cc2Cl)c1CNC(=O)O. The Bertz CT molecular complexity index is 1000. The van der Waals surface area contributed by atoms with E-state index in [2.05, 4.69) is 15.3 Å². The van der Waals surface area contributed by atoms with E-state index in [1.165, 1.54) is 0 Å². The van der Waals surface area contributed by atoms with Crippen LogP contribution in [-0.4, -0.2) is 30.7 Å². The van der Waals surface area contributed by atoms with Crippen molar-refractivity contribution in [3.8, 4) is 11.3 Å². The molecule has 136 valence electrons. The Hall–Kier alpha value is -2.35. The van der Waals surface area contributed by atoms with Crippen molar-refractivity contribution in [1.29, 1.82) is 0 Å². The second-order valence-corrected chi connectivity index (χ2v) is 6.66. The summed E-state index contributed by atoms with van der Waals surface area (Å²) in [4.78, 5) is 19.7. The molecule has 0 aliphatic carbocycles. The fraction of sp³-hybridized carbons (Fsp3) is 0.235. The number of amides is 1. The van der Waals surface area contributed by atoms with Crippen molar-refractivity contribution in [3.05, 3.63) is 51.4 Å². The molecule has 3 aromatic rings. The lowest BCUT2D eigenvalue weighted by Crippen LogP contribution is -2.22. The van der Waals surface area contributed by atoms with E-state index in [1.807, 2.05) is 0 Å². The zero-order valence-corrected chi connectivity index (χ0v) is 15.5. The molecule has 2 heterocycles. The Morgan fingerprint density at radius 3 is 2.69 bits per heavy atom. The molecule has 26 heavy (non-hydrogen) atoms. The molecule has 1 atom stereocenters. The van der Waals surface area contributed by atoms with Crippen molar-refractivity contribution in [2.45, 2.75) is 26.5 Å². The van der Waals surface area contributed by atoms with Crippen LogP contribution in [0.25, 0.3) is 17.0 Å². The Labute approximate surface area is 159 Å². The van der Waals surface area contributed by atoms with Crippen LogP contribution >= 0.6 is 23.2 Å². The van der Waals surface area contributed by atoms with Crippen molar-refractivity contribution in [2.24, 2.45) is 0 Å². The number of rotatable bonds is 4. The van der Waals surface area contributed by atoms with Crippen molar-refractivity contribution in [3.63, 3.8) is 0 Å². The number of fused-ring (bicyclic) bond motifs is 1. The standard InChI is InChI=1S/C17H16Cl2N4O3/c1-8-12(6-20-17(25)26)15(11-4-3-10(18)5-13(11)19)23-7-14(9(2)24)22-16(23)21-8/h3-5,7,9,20,24H,6H2,1-2H3,(H,25,26). The maximum Gasteiger partial charge on any atom is 0.404 e. The molecule has 1 unspecified atom stereocenters. The van der Waals surface area contributed by atoms with E-state index in [4.69, 9.17) is 28.3 Å². The first kappa shape index (κ1) is 18.4. The molecular formula is C17H16Cl2N4O3. The van der Waals surface area contributed by atoms with Gasteiger partial charge in [-0.3, -0.25) is 4.40 Å². The van der Waals surface area contributed by atoms with E-state index in [0.717, 1.165) is 0 Å². The van der Waals surface area contributed by atoms with Gasteiger partial charge in [-0.05, 0) is 32.0 Å². The minimum atomic E-state index is -1.15. The van der Waals surface area contributed by atoms with Crippen LogP contribution in [0.3, 0.4) is 0 Å². The molecule has 0 bridgehead atoms. The van der Waals surface area contributed by atoms with Crippen molar-refractivity contribution in [2.75, 3.05) is 0 Å². The number of hydrogen-bond donors (Lipinski definition) is 3. The van der Waals surface area contributed by atoms with Gasteiger partial charge in [-0.1, -0.05) is 23.2 Å². The fourth-order valence-electron chi connectivity index (χ4n) is 2.72. The molecule has 1 amide bonds. The number of benzene rings is 1. The van der Waals surface area contributed by atoms with Crippen LogP contribution in [0.5, 0.6) is 0 Å². The van der Waals surface area contributed by atoms with Gasteiger partial charge in [-0.25, -0.2) is 14.8 Å². The fourth-order valence-corrected chi connectivity index (χ4v) is 3.21. The van der Waals surface area contributed by atoms with Gasteiger partial charge in [-0.2, -0.15) is 0 Å². The lowest BCUT2D eigenvalue weighted by atomic mass is 10.0. The van der Waals surface area contributed by atoms with Gasteiger partial charge in [0.1, 0.15) is 0 Å². The highest BCUT2D eigenvalue weighted by molar-refractivity contribution is 6.36. The zero-order chi connectivity index (χ0) is 19.0. The predicted molar refractivity (Wildman–Crippen MR) is 98.7 cm³/mol. The molecule has 0 saturated heterocycles. The number of imidazole rings is 1. The first-order chi connectivity index (χ1) is 12.3. The summed E-state index contributed by atoms with van der Waals surface area (Å²) in [5.41, 5.74) is 3.01. The van der Waals surface area contributed by atoms with Crippen LogP contribution in [0.1, 0.15) is 30.0 Å². The van der Waals surface area contributed by atoms with Gasteiger partial charge >= 0.3 is 6.09 Å². The van der Waals surface area contributed by atoms with Crippen LogP contribution in [0, 0.1) is 6.92 Å². The summed E-state index contributed by atoms with van der Waals surface area (Å²) in [7, 11) is 0. The topological polar surface area (TPSA) is 99.8 Å². The minimum absolute atomic E-state index is 0.0422. The van der Waals surface area contributed by atoms with Crippen LogP contribution in [0.4, 0.5) is 4.79 Å². The number of aryl methyl sites for hydroxylation is 1. The number of aliphatic hydroxyl groups is 1. The van der Waals surface area contributed by atoms with E-state index in [1.54, 1.807) is 42.6 Å². The molecule has 0 fully saturated rings. The van der Waals surface area contributed by atoms with Crippen LogP contribution in [-0.2, 0) is 6.54 Å². The lowest BCUT2D eigenvalue weighted by molar-refractivity contribution is 0.193. The number of carboxylic acid groups (broad SMARTS) is 1. The first-order valence-electron chi connectivity index (χ1n) is 7.76. The normalized spacial score (nSPS) is 12.3. The number of aliphatic hydroxyl groups excluding tert-OH is 1. The highest BCUT2D eigenvalue weighted by Gasteiger charge is 2.20. The second kappa shape index (κ2) is 7.11. The van der Waals surface area contributed by atoms with Gasteiger partial charge in [0.15, 0.2) is 0 Å². The molecule has 0 aliphatic heterocycles. The third kappa shape index (κ3) is 3.46. The highest BCUT2D eigenvalue weighted by Crippen LogP contribution is 2.34. The summed E-state index contributed by atoms with van der Waals surface area (Å²) in [5, 5.41) is 22.1. The van der Waals surface area contributed by atoms with Crippen LogP contribution < -0.4 is 5.32 Å². The number of nitrogens with zero attached hydrogens (tertiary/aromatic N) is 3. The van der Waals surface area contributed by atoms with Gasteiger partial charge < -0.3 is 15.5 Å². The highest BCUT2D eigenvalue weighted by atomic mass is 35.5. The van der Waals surface area contributed by atoms with E-state index in [0.29, 0.717) is 44.0 Å². The summed E-state index contributed by atoms with van der Waals surface area (Å²) in [5.74, 6) is 0.387. The third-order valence-electron chi connectivity index (χ3n) is 3.97. The predicted octanol–water partition coefficient (Wildman–Crippen LogP) is 3.83. The Morgan fingerprint density at radius 1 is 1.35 bits per heavy atom. The minimum Gasteiger partial charge on any atom is -0.465 e. The van der Waals surface area contributed by atoms with Crippen molar-refractivity contribution in [1.82, 2.24) is 19.7 Å². The van der Waals surface area contributed by atoms with Crippen molar-refractivity contribution >= 4 is 35.1 Å². The maximum absolute atomic E-state index is 11.0. The average molecular weight is 395 g/mol. The molecule has 7 nitrogen and oxygen atoms in total. The van der Waals surface area contributed by atoms with Crippen LogP contribution in [0.2, 0.25) is 10.0 Å². The van der Waals surface area contributed by atoms with Gasteiger partial charge in [-0.15, -0.1) is 0 Å². The largest absolute Gasteiger partial charge is 0.465 e. The number of hydrogen-bond acceptors (Lipinski definition) is 4. The molecule has 9 heteroatoms. The molecule has 0 radical (unpaired) electrons. The van der Waals surface area contributed by atoms with E-state index >= 15 is 0 Å². The Kier molecular flexibility index (Phi) is 5.04. The second-order valence-electron chi connectivity index (χ2n) is 5.82. The maximum atomic E-state index is 11.0. The summed E-state index contributed by atoms with van der Waals surface area (Å²) in [6.45, 7) is 3.42. The summed E-state index contributed by atoms with van der Waals surface area (Å²) in [6.07, 6.45) is -0.254. The summed E-state index contributed by atoms with van der Waals surface area (Å²) >= 11 is 12.4. The number of nitrogens with one attached hydrogen (secondary N) is 1. The quantitative estimate of drug-likeness (QED) is 0.624. The molecule has 0 aliphatic rings. The molecular weight excluding hydrogens is 379 g/mol. The first-order valence-corrected chi connectivity index (χ1v) is 8.52. The van der Waals surface area contributed by atoms with Gasteiger partial charge in [0.25, 0.3) is 0 Å². The molecule has 2 aromatic heterocycles. The van der Waals surface area contributed by atoms with E-state index in [9.17, 15) is 9.90 Å². The monoisotopic (exact) mass is 394 g/mol. The Balaban J connectivity index is 2.33.